The zero-order valence-electron chi connectivity index (χ0n) is 8.52. The zero-order chi connectivity index (χ0) is 10.1. The largest absolute Gasteiger partial charge is 0.488 e. The maximum atomic E-state index is 5.96. The quantitative estimate of drug-likeness (QED) is 0.667. The fourth-order valence-corrected chi connectivity index (χ4v) is 1.16. The second-order valence-corrected chi connectivity index (χ2v) is 4.53. The van der Waals surface area contributed by atoms with Gasteiger partial charge in [0.1, 0.15) is 11.4 Å². The molecule has 1 nitrogen and oxygen atoms in total. The Balaban J connectivity index is 2.86. The Labute approximate surface area is 84.7 Å². The lowest BCUT2D eigenvalue weighted by atomic mass is 10.2. The van der Waals surface area contributed by atoms with E-state index in [0.717, 1.165) is 16.3 Å². The summed E-state index contributed by atoms with van der Waals surface area (Å²) in [6, 6.07) is 5.75. The molecule has 72 valence electrons. The molecule has 0 unspecified atom stereocenters. The van der Waals surface area contributed by atoms with Crippen molar-refractivity contribution in [3.05, 3.63) is 28.8 Å². The molecule has 0 fully saturated rings. The molecule has 0 atom stereocenters. The predicted octanol–water partition coefficient (Wildman–Crippen LogP) is 3.83. The molecule has 1 aromatic rings. The SMILES string of the molecule is Cc1ccc(OC(C)(C)C)cc1Cl. The molecule has 0 aliphatic heterocycles. The molecule has 13 heavy (non-hydrogen) atoms. The fraction of sp³-hybridized carbons (Fsp3) is 0.455. The molecule has 1 rings (SSSR count). The third kappa shape index (κ3) is 3.27. The average Bonchev–Trinajstić information content (AvgIpc) is 1.94. The van der Waals surface area contributed by atoms with Crippen molar-refractivity contribution < 1.29 is 4.74 Å². The molecule has 0 aromatic heterocycles. The Morgan fingerprint density at radius 3 is 2.31 bits per heavy atom. The molecular weight excluding hydrogens is 184 g/mol. The van der Waals surface area contributed by atoms with Crippen LogP contribution in [-0.4, -0.2) is 5.60 Å². The van der Waals surface area contributed by atoms with Crippen LogP contribution in [0.5, 0.6) is 5.75 Å². The summed E-state index contributed by atoms with van der Waals surface area (Å²) in [6.45, 7) is 8.02. The van der Waals surface area contributed by atoms with Crippen LogP contribution in [0.3, 0.4) is 0 Å². The van der Waals surface area contributed by atoms with Crippen LogP contribution < -0.4 is 4.74 Å². The molecule has 1 aromatic carbocycles. The van der Waals surface area contributed by atoms with Gasteiger partial charge in [-0.3, -0.25) is 0 Å². The van der Waals surface area contributed by atoms with Crippen molar-refractivity contribution in [2.75, 3.05) is 0 Å². The lowest BCUT2D eigenvalue weighted by Gasteiger charge is -2.21. The number of halogens is 1. The summed E-state index contributed by atoms with van der Waals surface area (Å²) < 4.78 is 5.65. The summed E-state index contributed by atoms with van der Waals surface area (Å²) in [5.74, 6) is 0.822. The van der Waals surface area contributed by atoms with E-state index in [4.69, 9.17) is 16.3 Å². The first-order valence-electron chi connectivity index (χ1n) is 4.34. The van der Waals surface area contributed by atoms with Crippen LogP contribution in [0.4, 0.5) is 0 Å². The van der Waals surface area contributed by atoms with Crippen molar-refractivity contribution >= 4 is 11.6 Å². The van der Waals surface area contributed by atoms with Gasteiger partial charge in [0.2, 0.25) is 0 Å². The maximum Gasteiger partial charge on any atom is 0.121 e. The van der Waals surface area contributed by atoms with Crippen molar-refractivity contribution in [2.45, 2.75) is 33.3 Å². The third-order valence-electron chi connectivity index (χ3n) is 1.57. The molecule has 0 aliphatic rings. The van der Waals surface area contributed by atoms with E-state index in [9.17, 15) is 0 Å². The van der Waals surface area contributed by atoms with Gasteiger partial charge in [-0.15, -0.1) is 0 Å². The first-order chi connectivity index (χ1) is 5.88. The van der Waals surface area contributed by atoms with E-state index in [1.165, 1.54) is 0 Å². The topological polar surface area (TPSA) is 9.23 Å². The van der Waals surface area contributed by atoms with Crippen LogP contribution in [0.1, 0.15) is 26.3 Å². The molecule has 0 amide bonds. The van der Waals surface area contributed by atoms with Crippen molar-refractivity contribution in [1.82, 2.24) is 0 Å². The van der Waals surface area contributed by atoms with Crippen molar-refractivity contribution in [3.63, 3.8) is 0 Å². The van der Waals surface area contributed by atoms with Gasteiger partial charge in [-0.25, -0.2) is 0 Å². The molecule has 0 bridgehead atoms. The minimum Gasteiger partial charge on any atom is -0.488 e. The summed E-state index contributed by atoms with van der Waals surface area (Å²) in [5.41, 5.74) is 0.904. The lowest BCUT2D eigenvalue weighted by molar-refractivity contribution is 0.131. The van der Waals surface area contributed by atoms with Gasteiger partial charge in [0, 0.05) is 5.02 Å². The number of hydrogen-bond acceptors (Lipinski definition) is 1. The summed E-state index contributed by atoms with van der Waals surface area (Å²) in [4.78, 5) is 0. The van der Waals surface area contributed by atoms with Crippen LogP contribution >= 0.6 is 11.6 Å². The highest BCUT2D eigenvalue weighted by Crippen LogP contribution is 2.24. The van der Waals surface area contributed by atoms with Gasteiger partial charge in [-0.05, 0) is 45.4 Å². The van der Waals surface area contributed by atoms with Crippen LogP contribution in [-0.2, 0) is 0 Å². The van der Waals surface area contributed by atoms with Crippen molar-refractivity contribution in [3.8, 4) is 5.75 Å². The van der Waals surface area contributed by atoms with Crippen LogP contribution in [0.2, 0.25) is 5.02 Å². The van der Waals surface area contributed by atoms with E-state index >= 15 is 0 Å². The van der Waals surface area contributed by atoms with Gasteiger partial charge in [0.25, 0.3) is 0 Å². The summed E-state index contributed by atoms with van der Waals surface area (Å²) >= 11 is 5.96. The number of rotatable bonds is 1. The van der Waals surface area contributed by atoms with E-state index in [1.807, 2.05) is 45.9 Å². The smallest absolute Gasteiger partial charge is 0.121 e. The van der Waals surface area contributed by atoms with Crippen LogP contribution in [0, 0.1) is 6.92 Å². The molecule has 0 spiro atoms. The highest BCUT2D eigenvalue weighted by molar-refractivity contribution is 6.31. The zero-order valence-corrected chi connectivity index (χ0v) is 9.27. The van der Waals surface area contributed by atoms with E-state index in [2.05, 4.69) is 0 Å². The minimum atomic E-state index is -0.168. The molecular formula is C11H15ClO. The van der Waals surface area contributed by atoms with Crippen LogP contribution in [0.25, 0.3) is 0 Å². The Hall–Kier alpha value is -0.690. The molecule has 0 saturated carbocycles. The first kappa shape index (κ1) is 10.4. The van der Waals surface area contributed by atoms with E-state index < -0.39 is 0 Å². The average molecular weight is 199 g/mol. The number of ether oxygens (including phenoxy) is 1. The normalized spacial score (nSPS) is 11.5. The number of aryl methyl sites for hydroxylation is 1. The maximum absolute atomic E-state index is 5.96. The predicted molar refractivity (Wildman–Crippen MR) is 56.6 cm³/mol. The molecule has 2 heteroatoms. The Kier molecular flexibility index (Phi) is 2.87. The Morgan fingerprint density at radius 2 is 1.85 bits per heavy atom. The van der Waals surface area contributed by atoms with Crippen LogP contribution in [0.15, 0.2) is 18.2 Å². The van der Waals surface area contributed by atoms with E-state index in [0.29, 0.717) is 0 Å². The van der Waals surface area contributed by atoms with Gasteiger partial charge in [-0.1, -0.05) is 17.7 Å². The van der Waals surface area contributed by atoms with Crippen molar-refractivity contribution in [2.24, 2.45) is 0 Å². The minimum absolute atomic E-state index is 0.168. The second kappa shape index (κ2) is 3.59. The van der Waals surface area contributed by atoms with E-state index in [1.54, 1.807) is 0 Å². The first-order valence-corrected chi connectivity index (χ1v) is 4.71. The van der Waals surface area contributed by atoms with E-state index in [-0.39, 0.29) is 5.60 Å². The Morgan fingerprint density at radius 1 is 1.23 bits per heavy atom. The highest BCUT2D eigenvalue weighted by atomic mass is 35.5. The summed E-state index contributed by atoms with van der Waals surface area (Å²) in [5, 5.41) is 0.752. The molecule has 0 aliphatic carbocycles. The standard InChI is InChI=1S/C11H15ClO/c1-8-5-6-9(7-10(8)12)13-11(2,3)4/h5-7H,1-4H3. The van der Waals surface area contributed by atoms with Gasteiger partial charge >= 0.3 is 0 Å². The molecule has 0 N–H and O–H groups in total. The van der Waals surface area contributed by atoms with Gasteiger partial charge in [0.15, 0.2) is 0 Å². The van der Waals surface area contributed by atoms with Gasteiger partial charge in [0.05, 0.1) is 0 Å². The number of hydrogen-bond donors (Lipinski definition) is 0. The van der Waals surface area contributed by atoms with Gasteiger partial charge in [-0.2, -0.15) is 0 Å². The lowest BCUT2D eigenvalue weighted by Crippen LogP contribution is -2.22. The monoisotopic (exact) mass is 198 g/mol. The summed E-state index contributed by atoms with van der Waals surface area (Å²) in [6.07, 6.45) is 0. The Bertz CT molecular complexity index is 299. The second-order valence-electron chi connectivity index (χ2n) is 4.13. The highest BCUT2D eigenvalue weighted by Gasteiger charge is 2.11. The molecule has 0 heterocycles. The molecule has 0 radical (unpaired) electrons. The van der Waals surface area contributed by atoms with Crippen molar-refractivity contribution in [1.29, 1.82) is 0 Å². The van der Waals surface area contributed by atoms with Gasteiger partial charge < -0.3 is 4.74 Å². The fourth-order valence-electron chi connectivity index (χ4n) is 0.991. The molecule has 0 saturated heterocycles. The summed E-state index contributed by atoms with van der Waals surface area (Å²) in [7, 11) is 0. The number of benzene rings is 1. The third-order valence-corrected chi connectivity index (χ3v) is 1.97.